The minimum absolute atomic E-state index is 0.230. The fourth-order valence-corrected chi connectivity index (χ4v) is 3.25. The van der Waals surface area contributed by atoms with Crippen LogP contribution in [0.15, 0.2) is 36.5 Å². The van der Waals surface area contributed by atoms with Crippen LogP contribution in [0.5, 0.6) is 17.2 Å². The number of fused-ring (bicyclic) bond motifs is 1. The van der Waals surface area contributed by atoms with E-state index < -0.39 is 5.60 Å². The summed E-state index contributed by atoms with van der Waals surface area (Å²) in [4.78, 5) is 4.40. The second-order valence-electron chi connectivity index (χ2n) is 6.91. The zero-order valence-electron chi connectivity index (χ0n) is 14.5. The third-order valence-corrected chi connectivity index (χ3v) is 4.37. The van der Waals surface area contributed by atoms with E-state index in [1.807, 2.05) is 18.2 Å². The largest absolute Gasteiger partial charge is 0.493 e. The Hall–Kier alpha value is -2.27. The monoisotopic (exact) mass is 329 g/mol. The van der Waals surface area contributed by atoms with Crippen molar-refractivity contribution in [3.05, 3.63) is 47.8 Å². The molecule has 128 valence electrons. The lowest BCUT2D eigenvalue weighted by Gasteiger charge is -2.33. The minimum atomic E-state index is -1.27. The Morgan fingerprint density at radius 3 is 2.46 bits per heavy atom. The summed E-state index contributed by atoms with van der Waals surface area (Å²) in [7, 11) is 3.15. The number of hydrogen-bond donors (Lipinski definition) is 1. The molecular weight excluding hydrogens is 306 g/mol. The van der Waals surface area contributed by atoms with Gasteiger partial charge in [-0.1, -0.05) is 19.9 Å². The second-order valence-corrected chi connectivity index (χ2v) is 6.91. The van der Waals surface area contributed by atoms with Crippen LogP contribution in [0.3, 0.4) is 0 Å². The number of rotatable bonds is 3. The number of methoxy groups -OCH3 is 2. The highest BCUT2D eigenvalue weighted by Gasteiger charge is 2.44. The van der Waals surface area contributed by atoms with Crippen molar-refractivity contribution < 1.29 is 19.3 Å². The molecule has 3 rings (SSSR count). The quantitative estimate of drug-likeness (QED) is 0.937. The molecule has 0 amide bonds. The zero-order chi connectivity index (χ0) is 17.4. The Balaban J connectivity index is 2.25. The van der Waals surface area contributed by atoms with Crippen LogP contribution < -0.4 is 14.2 Å². The molecule has 0 radical (unpaired) electrons. The van der Waals surface area contributed by atoms with Crippen LogP contribution in [0.2, 0.25) is 0 Å². The molecule has 1 aliphatic rings. The Kier molecular flexibility index (Phi) is 4.13. The van der Waals surface area contributed by atoms with Crippen molar-refractivity contribution in [2.75, 3.05) is 20.8 Å². The van der Waals surface area contributed by atoms with Gasteiger partial charge in [0.1, 0.15) is 11.4 Å². The molecule has 1 aromatic heterocycles. The Labute approximate surface area is 142 Å². The number of benzene rings is 1. The first-order valence-electron chi connectivity index (χ1n) is 7.93. The van der Waals surface area contributed by atoms with E-state index in [9.17, 15) is 5.11 Å². The van der Waals surface area contributed by atoms with Gasteiger partial charge in [0, 0.05) is 23.2 Å². The lowest BCUT2D eigenvalue weighted by Crippen LogP contribution is -2.34. The average Bonchev–Trinajstić information content (AvgIpc) is 2.69. The fourth-order valence-electron chi connectivity index (χ4n) is 3.25. The van der Waals surface area contributed by atoms with Gasteiger partial charge < -0.3 is 19.3 Å². The fraction of sp³-hybridized carbons (Fsp3) is 0.421. The van der Waals surface area contributed by atoms with E-state index in [1.165, 1.54) is 0 Å². The van der Waals surface area contributed by atoms with Crippen LogP contribution >= 0.6 is 0 Å². The summed E-state index contributed by atoms with van der Waals surface area (Å²) in [6.07, 6.45) is 2.17. The van der Waals surface area contributed by atoms with Gasteiger partial charge >= 0.3 is 0 Å². The number of nitrogens with zero attached hydrogens (tertiary/aromatic N) is 1. The number of ether oxygens (including phenoxy) is 3. The van der Waals surface area contributed by atoms with Gasteiger partial charge in [-0.25, -0.2) is 0 Å². The molecule has 5 heteroatoms. The first-order valence-corrected chi connectivity index (χ1v) is 7.93. The van der Waals surface area contributed by atoms with Gasteiger partial charge in [-0.3, -0.25) is 4.98 Å². The Morgan fingerprint density at radius 1 is 1.12 bits per heavy atom. The summed E-state index contributed by atoms with van der Waals surface area (Å²) in [5, 5.41) is 11.7. The van der Waals surface area contributed by atoms with Crippen molar-refractivity contribution in [3.63, 3.8) is 0 Å². The van der Waals surface area contributed by atoms with Crippen LogP contribution in [0, 0.1) is 5.41 Å². The summed E-state index contributed by atoms with van der Waals surface area (Å²) in [6, 6.07) is 9.09. The smallest absolute Gasteiger partial charge is 0.164 e. The van der Waals surface area contributed by atoms with Gasteiger partial charge in [0.2, 0.25) is 0 Å². The standard InChI is InChI=1S/C19H23NO4/c1-18(2)11-19(21,17-7-5-6-8-20-17)13-9-15(22-3)16(23-4)10-14(13)24-12-18/h5-10,21H,11-12H2,1-4H3. The van der Waals surface area contributed by atoms with Crippen LogP contribution in [-0.2, 0) is 5.60 Å². The van der Waals surface area contributed by atoms with Crippen molar-refractivity contribution in [1.82, 2.24) is 4.98 Å². The summed E-state index contributed by atoms with van der Waals surface area (Å²) in [5.74, 6) is 1.71. The summed E-state index contributed by atoms with van der Waals surface area (Å²) in [5.41, 5.74) is -0.261. The normalized spacial score (nSPS) is 22.0. The van der Waals surface area contributed by atoms with Crippen LogP contribution in [0.25, 0.3) is 0 Å². The van der Waals surface area contributed by atoms with Crippen molar-refractivity contribution in [2.45, 2.75) is 25.9 Å². The molecule has 1 aromatic carbocycles. The highest BCUT2D eigenvalue weighted by molar-refractivity contribution is 5.55. The van der Waals surface area contributed by atoms with Gasteiger partial charge in [-0.15, -0.1) is 0 Å². The molecule has 1 unspecified atom stereocenters. The maximum atomic E-state index is 11.7. The topological polar surface area (TPSA) is 60.8 Å². The lowest BCUT2D eigenvalue weighted by molar-refractivity contribution is 0.0264. The number of aromatic nitrogens is 1. The average molecular weight is 329 g/mol. The molecule has 1 atom stereocenters. The Morgan fingerprint density at radius 2 is 1.83 bits per heavy atom. The molecule has 24 heavy (non-hydrogen) atoms. The maximum Gasteiger partial charge on any atom is 0.164 e. The number of aliphatic hydroxyl groups is 1. The highest BCUT2D eigenvalue weighted by atomic mass is 16.5. The van der Waals surface area contributed by atoms with Gasteiger partial charge in [0.05, 0.1) is 26.5 Å². The summed E-state index contributed by atoms with van der Waals surface area (Å²) in [6.45, 7) is 4.63. The van der Waals surface area contributed by atoms with E-state index in [-0.39, 0.29) is 5.41 Å². The SMILES string of the molecule is COc1cc2c(cc1OC)C(O)(c1ccccn1)CC(C)(C)CO2. The maximum absolute atomic E-state index is 11.7. The summed E-state index contributed by atoms with van der Waals surface area (Å²) >= 11 is 0. The van der Waals surface area contributed by atoms with Crippen LogP contribution in [0.4, 0.5) is 0 Å². The molecule has 0 aliphatic carbocycles. The molecular formula is C19H23NO4. The molecule has 1 N–H and O–H groups in total. The predicted octanol–water partition coefficient (Wildman–Crippen LogP) is 3.14. The third kappa shape index (κ3) is 2.80. The van der Waals surface area contributed by atoms with Crippen LogP contribution in [0.1, 0.15) is 31.5 Å². The van der Waals surface area contributed by atoms with E-state index in [0.29, 0.717) is 41.5 Å². The van der Waals surface area contributed by atoms with E-state index in [0.717, 1.165) is 0 Å². The highest BCUT2D eigenvalue weighted by Crippen LogP contribution is 2.49. The van der Waals surface area contributed by atoms with E-state index in [4.69, 9.17) is 14.2 Å². The van der Waals surface area contributed by atoms with E-state index in [1.54, 1.807) is 32.5 Å². The predicted molar refractivity (Wildman–Crippen MR) is 90.7 cm³/mol. The second kappa shape index (κ2) is 5.98. The van der Waals surface area contributed by atoms with Crippen LogP contribution in [-0.4, -0.2) is 30.9 Å². The van der Waals surface area contributed by atoms with Crippen molar-refractivity contribution in [1.29, 1.82) is 0 Å². The van der Waals surface area contributed by atoms with Crippen molar-refractivity contribution in [3.8, 4) is 17.2 Å². The molecule has 0 spiro atoms. The lowest BCUT2D eigenvalue weighted by atomic mass is 9.76. The molecule has 0 saturated carbocycles. The molecule has 2 heterocycles. The zero-order valence-corrected chi connectivity index (χ0v) is 14.5. The minimum Gasteiger partial charge on any atom is -0.493 e. The van der Waals surface area contributed by atoms with Gasteiger partial charge in [0.15, 0.2) is 11.5 Å². The van der Waals surface area contributed by atoms with Gasteiger partial charge in [-0.05, 0) is 24.6 Å². The molecule has 0 fully saturated rings. The molecule has 0 saturated heterocycles. The molecule has 1 aliphatic heterocycles. The van der Waals surface area contributed by atoms with Gasteiger partial charge in [0.25, 0.3) is 0 Å². The first kappa shape index (κ1) is 16.6. The Bertz CT molecular complexity index is 730. The molecule has 5 nitrogen and oxygen atoms in total. The molecule has 0 bridgehead atoms. The first-order chi connectivity index (χ1) is 11.4. The van der Waals surface area contributed by atoms with Crippen molar-refractivity contribution in [2.24, 2.45) is 5.41 Å². The number of pyridine rings is 1. The van der Waals surface area contributed by atoms with Crippen molar-refractivity contribution >= 4 is 0 Å². The van der Waals surface area contributed by atoms with E-state index >= 15 is 0 Å². The molecule has 2 aromatic rings. The third-order valence-electron chi connectivity index (χ3n) is 4.37. The van der Waals surface area contributed by atoms with Gasteiger partial charge in [-0.2, -0.15) is 0 Å². The van der Waals surface area contributed by atoms with E-state index in [2.05, 4.69) is 18.8 Å². The number of hydrogen-bond acceptors (Lipinski definition) is 5. The summed E-state index contributed by atoms with van der Waals surface area (Å²) < 4.78 is 16.8.